The second kappa shape index (κ2) is 4.91. The fourth-order valence-electron chi connectivity index (χ4n) is 2.25. The highest BCUT2D eigenvalue weighted by Crippen LogP contribution is 2.29. The van der Waals surface area contributed by atoms with Gasteiger partial charge in [-0.1, -0.05) is 0 Å². The summed E-state index contributed by atoms with van der Waals surface area (Å²) in [7, 11) is 0. The maximum absolute atomic E-state index is 5.60. The van der Waals surface area contributed by atoms with Crippen molar-refractivity contribution in [2.24, 2.45) is 0 Å². The maximum atomic E-state index is 5.60. The number of hydrogen-bond donors (Lipinski definition) is 1. The molecule has 0 aliphatic carbocycles. The number of anilines is 1. The maximum Gasteiger partial charge on any atom is 0.238 e. The fraction of sp³-hybridized carbons (Fsp3) is 0.429. The third kappa shape index (κ3) is 2.54. The van der Waals surface area contributed by atoms with Crippen molar-refractivity contribution in [3.63, 3.8) is 0 Å². The van der Waals surface area contributed by atoms with Gasteiger partial charge in [-0.05, 0) is 43.5 Å². The van der Waals surface area contributed by atoms with Crippen molar-refractivity contribution in [1.82, 2.24) is 10.2 Å². The Bertz CT molecular complexity index is 580. The highest BCUT2D eigenvalue weighted by molar-refractivity contribution is 5.52. The molecule has 5 nitrogen and oxygen atoms in total. The van der Waals surface area contributed by atoms with E-state index in [1.54, 1.807) is 6.92 Å². The minimum Gasteiger partial charge on any atom is -0.493 e. The van der Waals surface area contributed by atoms with Gasteiger partial charge in [-0.15, -0.1) is 10.2 Å². The fourth-order valence-corrected chi connectivity index (χ4v) is 2.25. The summed E-state index contributed by atoms with van der Waals surface area (Å²) >= 11 is 0. The van der Waals surface area contributed by atoms with Crippen LogP contribution in [0, 0.1) is 6.92 Å². The molecule has 1 aliphatic heterocycles. The second-order valence-corrected chi connectivity index (χ2v) is 4.80. The molecule has 0 saturated carbocycles. The van der Waals surface area contributed by atoms with Gasteiger partial charge in [0.2, 0.25) is 11.8 Å². The smallest absolute Gasteiger partial charge is 0.238 e. The van der Waals surface area contributed by atoms with Crippen LogP contribution in [0.15, 0.2) is 22.6 Å². The molecule has 0 saturated heterocycles. The van der Waals surface area contributed by atoms with E-state index < -0.39 is 0 Å². The first-order valence-corrected chi connectivity index (χ1v) is 6.54. The molecule has 1 aromatic carbocycles. The largest absolute Gasteiger partial charge is 0.493 e. The summed E-state index contributed by atoms with van der Waals surface area (Å²) in [5.41, 5.74) is 2.30. The molecule has 19 heavy (non-hydrogen) atoms. The van der Waals surface area contributed by atoms with Crippen LogP contribution >= 0.6 is 0 Å². The molecule has 100 valence electrons. The number of aryl methyl sites for hydroxylation is 2. The van der Waals surface area contributed by atoms with Gasteiger partial charge in [-0.25, -0.2) is 0 Å². The topological polar surface area (TPSA) is 60.2 Å². The van der Waals surface area contributed by atoms with E-state index in [0.29, 0.717) is 11.8 Å². The minimum atomic E-state index is -0.0104. The second-order valence-electron chi connectivity index (χ2n) is 4.80. The molecule has 0 unspecified atom stereocenters. The van der Waals surface area contributed by atoms with Gasteiger partial charge in [0.05, 0.1) is 6.61 Å². The van der Waals surface area contributed by atoms with Gasteiger partial charge in [0.25, 0.3) is 0 Å². The zero-order valence-corrected chi connectivity index (χ0v) is 11.1. The Morgan fingerprint density at radius 3 is 3.00 bits per heavy atom. The van der Waals surface area contributed by atoms with Gasteiger partial charge < -0.3 is 14.5 Å². The van der Waals surface area contributed by atoms with Crippen LogP contribution in [0.1, 0.15) is 36.7 Å². The Morgan fingerprint density at radius 1 is 1.32 bits per heavy atom. The van der Waals surface area contributed by atoms with Crippen molar-refractivity contribution in [3.8, 4) is 5.75 Å². The summed E-state index contributed by atoms with van der Waals surface area (Å²) in [5.74, 6) is 2.19. The van der Waals surface area contributed by atoms with Crippen LogP contribution in [-0.4, -0.2) is 16.8 Å². The van der Waals surface area contributed by atoms with Crippen LogP contribution < -0.4 is 10.1 Å². The summed E-state index contributed by atoms with van der Waals surface area (Å²) in [6.07, 6.45) is 2.15. The van der Waals surface area contributed by atoms with Crippen molar-refractivity contribution in [3.05, 3.63) is 35.5 Å². The van der Waals surface area contributed by atoms with Crippen LogP contribution in [-0.2, 0) is 6.42 Å². The van der Waals surface area contributed by atoms with Crippen molar-refractivity contribution in [1.29, 1.82) is 0 Å². The highest BCUT2D eigenvalue weighted by atomic mass is 16.5. The predicted octanol–water partition coefficient (Wildman–Crippen LogP) is 2.88. The molecule has 0 radical (unpaired) electrons. The van der Waals surface area contributed by atoms with E-state index in [9.17, 15) is 0 Å². The molecule has 0 spiro atoms. The van der Waals surface area contributed by atoms with Crippen LogP contribution in [0.2, 0.25) is 0 Å². The van der Waals surface area contributed by atoms with Gasteiger partial charge in [-0.2, -0.15) is 0 Å². The van der Waals surface area contributed by atoms with E-state index in [0.717, 1.165) is 30.9 Å². The van der Waals surface area contributed by atoms with Crippen LogP contribution in [0.5, 0.6) is 5.75 Å². The number of nitrogens with one attached hydrogen (secondary N) is 1. The third-order valence-electron chi connectivity index (χ3n) is 3.20. The quantitative estimate of drug-likeness (QED) is 0.918. The van der Waals surface area contributed by atoms with E-state index >= 15 is 0 Å². The van der Waals surface area contributed by atoms with Crippen LogP contribution in [0.4, 0.5) is 5.69 Å². The minimum absolute atomic E-state index is 0.0104. The molecule has 0 bridgehead atoms. The molecule has 2 heterocycles. The predicted molar refractivity (Wildman–Crippen MR) is 71.3 cm³/mol. The van der Waals surface area contributed by atoms with Crippen molar-refractivity contribution in [2.45, 2.75) is 32.7 Å². The Hall–Kier alpha value is -2.04. The van der Waals surface area contributed by atoms with E-state index in [1.807, 2.05) is 19.1 Å². The number of ether oxygens (including phenoxy) is 1. The first-order chi connectivity index (χ1) is 9.22. The Balaban J connectivity index is 1.76. The van der Waals surface area contributed by atoms with E-state index in [1.165, 1.54) is 5.56 Å². The Kier molecular flexibility index (Phi) is 3.11. The number of fused-ring (bicyclic) bond motifs is 1. The molecular formula is C14H17N3O2. The van der Waals surface area contributed by atoms with E-state index in [2.05, 4.69) is 21.6 Å². The SMILES string of the molecule is Cc1nnc([C@@H](C)Nc2ccc3c(c2)CCCO3)o1. The lowest BCUT2D eigenvalue weighted by molar-refractivity contribution is 0.288. The Labute approximate surface area is 112 Å². The molecule has 1 aliphatic rings. The summed E-state index contributed by atoms with van der Waals surface area (Å²) in [4.78, 5) is 0. The lowest BCUT2D eigenvalue weighted by Crippen LogP contribution is -2.10. The Morgan fingerprint density at radius 2 is 2.21 bits per heavy atom. The molecule has 1 N–H and O–H groups in total. The summed E-state index contributed by atoms with van der Waals surface area (Å²) in [6, 6.07) is 6.16. The first-order valence-electron chi connectivity index (χ1n) is 6.54. The van der Waals surface area contributed by atoms with Crippen molar-refractivity contribution < 1.29 is 9.15 Å². The third-order valence-corrected chi connectivity index (χ3v) is 3.20. The van der Waals surface area contributed by atoms with E-state index in [4.69, 9.17) is 9.15 Å². The molecule has 5 heteroatoms. The summed E-state index contributed by atoms with van der Waals surface area (Å²) in [6.45, 7) is 4.61. The number of aromatic nitrogens is 2. The van der Waals surface area contributed by atoms with Crippen LogP contribution in [0.25, 0.3) is 0 Å². The molecule has 1 aromatic heterocycles. The van der Waals surface area contributed by atoms with Gasteiger partial charge in [-0.3, -0.25) is 0 Å². The molecule has 0 fully saturated rings. The lowest BCUT2D eigenvalue weighted by atomic mass is 10.1. The summed E-state index contributed by atoms with van der Waals surface area (Å²) < 4.78 is 11.0. The van der Waals surface area contributed by atoms with E-state index in [-0.39, 0.29) is 6.04 Å². The van der Waals surface area contributed by atoms with Gasteiger partial charge in [0, 0.05) is 12.6 Å². The number of hydrogen-bond acceptors (Lipinski definition) is 5. The highest BCUT2D eigenvalue weighted by Gasteiger charge is 2.14. The number of nitrogens with zero attached hydrogens (tertiary/aromatic N) is 2. The van der Waals surface area contributed by atoms with Crippen LogP contribution in [0.3, 0.4) is 0 Å². The molecular weight excluding hydrogens is 242 g/mol. The number of rotatable bonds is 3. The zero-order chi connectivity index (χ0) is 13.2. The molecule has 2 aromatic rings. The molecule has 0 amide bonds. The van der Waals surface area contributed by atoms with Gasteiger partial charge in [0.15, 0.2) is 0 Å². The van der Waals surface area contributed by atoms with Crippen molar-refractivity contribution >= 4 is 5.69 Å². The zero-order valence-electron chi connectivity index (χ0n) is 11.1. The van der Waals surface area contributed by atoms with Gasteiger partial charge >= 0.3 is 0 Å². The summed E-state index contributed by atoms with van der Waals surface area (Å²) in [5, 5.41) is 11.2. The standard InChI is InChI=1S/C14H17N3O2/c1-9(14-17-16-10(2)19-14)15-12-5-6-13-11(8-12)4-3-7-18-13/h5-6,8-9,15H,3-4,7H2,1-2H3/t9-/m1/s1. The lowest BCUT2D eigenvalue weighted by Gasteiger charge is -2.19. The van der Waals surface area contributed by atoms with Gasteiger partial charge in [0.1, 0.15) is 11.8 Å². The molecule has 1 atom stereocenters. The normalized spacial score (nSPS) is 15.5. The monoisotopic (exact) mass is 259 g/mol. The van der Waals surface area contributed by atoms with Crippen molar-refractivity contribution in [2.75, 3.05) is 11.9 Å². The first kappa shape index (κ1) is 12.0. The molecule has 3 rings (SSSR count). The number of benzene rings is 1. The average molecular weight is 259 g/mol. The average Bonchev–Trinajstić information content (AvgIpc) is 2.85.